The number of phenols is 1. The molecule has 0 radical (unpaired) electrons. The number of H-pyrrole nitrogens is 1. The van der Waals surface area contributed by atoms with E-state index in [0.717, 1.165) is 21.4 Å². The highest BCUT2D eigenvalue weighted by molar-refractivity contribution is 7.99. The zero-order valence-electron chi connectivity index (χ0n) is 55.3. The van der Waals surface area contributed by atoms with E-state index < -0.39 is 101 Å². The van der Waals surface area contributed by atoms with Crippen LogP contribution in [-0.4, -0.2) is 167 Å². The number of thioether (sulfide) groups is 1. The van der Waals surface area contributed by atoms with E-state index in [4.69, 9.17) is 38.9 Å². The number of piperazine rings is 1. The largest absolute Gasteiger partial charge is 0.504 e. The molecule has 5 aromatic rings. The number of aromatic hydroxyl groups is 1. The van der Waals surface area contributed by atoms with Crippen LogP contribution >= 0.6 is 11.8 Å². The summed E-state index contributed by atoms with van der Waals surface area (Å²) in [7, 11) is 3.02. The number of hydrogen-bond donors (Lipinski definition) is 9. The Bertz CT molecular complexity index is 4070. The van der Waals surface area contributed by atoms with Gasteiger partial charge in [0.25, 0.3) is 11.8 Å². The number of nitrogens with one attached hydrogen (secondary N) is 6. The average Bonchev–Trinajstić information content (AvgIpc) is 0.827. The standard InChI is InChI=1S/C69H80N10O18S/c1-33(2)53(76-47(81)13-9-8-10-25-77-48(82)20-21-49(77)83)64(86)75-44(12-11-23-71-67(70)89)63(85)73-39-16-14-37(15-17-39)29-94-68(90)79-45-27-38-26-34(3)57(92-7)56(84)50(38)54(79)55-61-52-51(60-59(95-32-96-60)35(4)58(52)97-36(5)80)46(78(55)65(45)87)30-93-66(88)69(31-98-61)62-41(22-24-72-69)42-28-40(91-6)18-19-43(42)74-62/h14-21,26,28,33,44-46,53-55,61,65,72,74,84,87H,8-13,22-25,27,29-32H2,1-7H3,(H,73,85)(H,75,86)(H,76,81)(H3,70,71,89)/t44-,45-,46-,53-,54+,55+,61+,65-,69+/m0/s1. The number of carbonyl (C=O) groups excluding carboxylic acids is 9. The first-order valence-electron chi connectivity index (χ1n) is 32.8. The highest BCUT2D eigenvalue weighted by Crippen LogP contribution is 2.65. The molecule has 9 atom stereocenters. The Morgan fingerprint density at radius 1 is 0.878 bits per heavy atom. The fourth-order valence-electron chi connectivity index (χ4n) is 14.9. The van der Waals surface area contributed by atoms with E-state index in [1.807, 2.05) is 29.2 Å². The number of unbranched alkanes of at least 4 members (excludes halogenated alkanes) is 2. The summed E-state index contributed by atoms with van der Waals surface area (Å²) >= 11 is 1.32. The maximum Gasteiger partial charge on any atom is 0.411 e. The van der Waals surface area contributed by atoms with Crippen LogP contribution in [0.25, 0.3) is 10.9 Å². The van der Waals surface area contributed by atoms with Crippen molar-refractivity contribution in [3.63, 3.8) is 0 Å². The van der Waals surface area contributed by atoms with E-state index in [1.165, 1.54) is 42.8 Å². The maximum absolute atomic E-state index is 15.5. The van der Waals surface area contributed by atoms with E-state index in [-0.39, 0.29) is 93.6 Å². The lowest BCUT2D eigenvalue weighted by Crippen LogP contribution is -2.71. The minimum Gasteiger partial charge on any atom is -0.504 e. The van der Waals surface area contributed by atoms with Gasteiger partial charge in [0.05, 0.1) is 49.3 Å². The van der Waals surface area contributed by atoms with Crippen LogP contribution in [0.3, 0.4) is 0 Å². The number of nitrogens with two attached hydrogens (primary N) is 1. The number of urea groups is 1. The van der Waals surface area contributed by atoms with Crippen LogP contribution in [0.1, 0.15) is 127 Å². The Kier molecular flexibility index (Phi) is 19.6. The summed E-state index contributed by atoms with van der Waals surface area (Å²) in [5.41, 5.74) is 9.79. The Morgan fingerprint density at radius 2 is 1.63 bits per heavy atom. The van der Waals surface area contributed by atoms with Crippen LogP contribution < -0.4 is 56.0 Å². The van der Waals surface area contributed by atoms with Gasteiger partial charge in [-0.1, -0.05) is 38.5 Å². The van der Waals surface area contributed by atoms with E-state index >= 15 is 9.59 Å². The quantitative estimate of drug-likeness (QED) is 0.0192. The first-order chi connectivity index (χ1) is 47.0. The van der Waals surface area contributed by atoms with Crippen molar-refractivity contribution in [1.82, 2.24) is 41.0 Å². The van der Waals surface area contributed by atoms with E-state index in [2.05, 4.69) is 31.6 Å². The van der Waals surface area contributed by atoms with E-state index in [9.17, 15) is 43.8 Å². The van der Waals surface area contributed by atoms with Crippen LogP contribution in [0.2, 0.25) is 0 Å². The summed E-state index contributed by atoms with van der Waals surface area (Å²) < 4.78 is 43.0. The van der Waals surface area contributed by atoms with Gasteiger partial charge in [0, 0.05) is 89.7 Å². The first kappa shape index (κ1) is 68.4. The van der Waals surface area contributed by atoms with Crippen LogP contribution in [0.4, 0.5) is 15.3 Å². The predicted molar refractivity (Wildman–Crippen MR) is 354 cm³/mol. The van der Waals surface area contributed by atoms with Gasteiger partial charge < -0.3 is 75.4 Å². The second-order valence-corrected chi connectivity index (χ2v) is 27.0. The summed E-state index contributed by atoms with van der Waals surface area (Å²) in [4.78, 5) is 129. The molecule has 28 nitrogen and oxygen atoms in total. The molecular weight excluding hydrogens is 1290 g/mol. The Labute approximate surface area is 568 Å². The van der Waals surface area contributed by atoms with Crippen molar-refractivity contribution in [1.29, 1.82) is 0 Å². The molecule has 13 rings (SSSR count). The summed E-state index contributed by atoms with van der Waals surface area (Å²) in [5.74, 6) is -2.70. The number of aromatic amines is 1. The second kappa shape index (κ2) is 28.1. The number of amides is 8. The zero-order valence-corrected chi connectivity index (χ0v) is 56.1. The number of aliphatic hydroxyl groups is 1. The number of fused-ring (bicyclic) bond motifs is 11. The van der Waals surface area contributed by atoms with Gasteiger partial charge in [-0.05, 0) is 111 Å². The number of hydrogen-bond acceptors (Lipinski definition) is 21. The number of aliphatic hydroxyl groups excluding tert-OH is 1. The van der Waals surface area contributed by atoms with Crippen molar-refractivity contribution in [3.8, 4) is 34.5 Å². The van der Waals surface area contributed by atoms with Crippen molar-refractivity contribution < 1.29 is 86.5 Å². The number of benzene rings is 4. The monoisotopic (exact) mass is 1370 g/mol. The SMILES string of the molecule is COc1ccc2[nH]c3c(c2c1)CCN[C@]31CS[C@@H]2c3c(OC(C)=O)c(C)c4c(c3[C@H](COC1=O)N1[C@@H]2[C@H]2c3c(cc(C)c(OC)c3O)C[C@@H]([C@@H]1O)N2C(=O)OCc1ccc(NC(=O)[C@H](CCCNC(N)=O)NC(=O)[C@@H](NC(=O)CCCCCN2C(=O)C=CC2=O)C(C)C)cc1)OCO4. The molecule has 8 amide bonds. The Morgan fingerprint density at radius 3 is 2.35 bits per heavy atom. The minimum atomic E-state index is -1.52. The Hall–Kier alpha value is -9.58. The molecule has 29 heteroatoms. The van der Waals surface area contributed by atoms with Crippen LogP contribution in [0.15, 0.2) is 60.7 Å². The predicted octanol–water partition coefficient (Wildman–Crippen LogP) is 5.39. The van der Waals surface area contributed by atoms with E-state index in [1.54, 1.807) is 59.1 Å². The highest BCUT2D eigenvalue weighted by Gasteiger charge is 2.64. The Balaban J connectivity index is 0.826. The number of aromatic nitrogens is 1. The number of aryl methyl sites for hydroxylation is 1. The summed E-state index contributed by atoms with van der Waals surface area (Å²) in [6, 6.07) is 6.68. The number of carbonyl (C=O) groups is 9. The normalized spacial score (nSPS) is 22.5. The lowest BCUT2D eigenvalue weighted by Gasteiger charge is -2.62. The van der Waals surface area contributed by atoms with Gasteiger partial charge in [-0.3, -0.25) is 48.8 Å². The van der Waals surface area contributed by atoms with Gasteiger partial charge in [-0.2, -0.15) is 0 Å². The van der Waals surface area contributed by atoms with Gasteiger partial charge in [0.1, 0.15) is 43.0 Å². The van der Waals surface area contributed by atoms with Crippen LogP contribution in [-0.2, 0) is 68.0 Å². The summed E-state index contributed by atoms with van der Waals surface area (Å²) in [6.45, 7) is 8.14. The molecule has 9 heterocycles. The van der Waals surface area contributed by atoms with Gasteiger partial charge in [0.15, 0.2) is 28.5 Å². The average molecular weight is 1370 g/mol. The van der Waals surface area contributed by atoms with Gasteiger partial charge >= 0.3 is 24.1 Å². The summed E-state index contributed by atoms with van der Waals surface area (Å²) in [5, 5.41) is 40.4. The molecule has 1 aromatic heterocycles. The molecule has 2 fully saturated rings. The lowest BCUT2D eigenvalue weighted by molar-refractivity contribution is -0.184. The second-order valence-electron chi connectivity index (χ2n) is 25.9. The zero-order chi connectivity index (χ0) is 69.6. The molecule has 2 saturated heterocycles. The number of primary amides is 1. The number of ether oxygens (including phenoxy) is 7. The number of imide groups is 1. The lowest BCUT2D eigenvalue weighted by atomic mass is 9.73. The topological polar surface area (TPSA) is 370 Å². The van der Waals surface area contributed by atoms with Crippen molar-refractivity contribution in [2.24, 2.45) is 11.7 Å². The number of anilines is 1. The first-order valence-corrected chi connectivity index (χ1v) is 33.8. The van der Waals surface area contributed by atoms with Gasteiger partial charge in [0.2, 0.25) is 24.5 Å². The number of rotatable bonds is 21. The highest BCUT2D eigenvalue weighted by atomic mass is 32.2. The van der Waals surface area contributed by atoms with Crippen molar-refractivity contribution in [2.75, 3.05) is 58.3 Å². The molecule has 8 aliphatic heterocycles. The van der Waals surface area contributed by atoms with Crippen LogP contribution in [0, 0.1) is 19.8 Å². The number of phenolic OH excluding ortho intramolecular Hbond substituents is 1. The molecule has 98 heavy (non-hydrogen) atoms. The number of nitrogens with zero attached hydrogens (tertiary/aromatic N) is 3. The molecule has 520 valence electrons. The summed E-state index contributed by atoms with van der Waals surface area (Å²) in [6.07, 6.45) is 2.45. The smallest absolute Gasteiger partial charge is 0.411 e. The third-order valence-corrected chi connectivity index (χ3v) is 20.9. The third-order valence-electron chi connectivity index (χ3n) is 19.5. The van der Waals surface area contributed by atoms with Crippen molar-refractivity contribution in [2.45, 2.75) is 146 Å². The molecule has 0 aliphatic carbocycles. The molecular formula is C69H80N10O18S. The van der Waals surface area contributed by atoms with Crippen LogP contribution in [0.5, 0.6) is 34.5 Å². The third kappa shape index (κ3) is 12.7. The van der Waals surface area contributed by atoms with Crippen molar-refractivity contribution >= 4 is 82.0 Å². The van der Waals surface area contributed by atoms with Crippen molar-refractivity contribution in [3.05, 3.63) is 111 Å². The molecule has 0 unspecified atom stereocenters. The van der Waals surface area contributed by atoms with E-state index in [0.29, 0.717) is 99.8 Å². The molecule has 10 N–H and O–H groups in total. The number of methoxy groups -OCH3 is 2. The molecule has 4 aromatic carbocycles. The maximum atomic E-state index is 15.5. The minimum absolute atomic E-state index is 0.0153. The molecule has 8 aliphatic rings. The van der Waals surface area contributed by atoms with Gasteiger partial charge in [-0.15, -0.1) is 11.8 Å². The molecule has 4 bridgehead atoms. The number of esters is 2. The molecule has 0 saturated carbocycles. The fraction of sp³-hybridized carbons (Fsp3) is 0.464. The molecule has 1 spiro atoms. The fourth-order valence-corrected chi connectivity index (χ4v) is 16.6. The van der Waals surface area contributed by atoms with Gasteiger partial charge in [-0.25, -0.2) is 14.4 Å².